The molecule has 100 valence electrons. The molecule has 3 nitrogen and oxygen atoms in total. The quantitative estimate of drug-likeness (QED) is 0.817. The molecule has 0 aliphatic carbocycles. The fraction of sp³-hybridized carbons (Fsp3) is 0.176. The minimum atomic E-state index is 0.0180. The number of rotatable bonds is 2. The highest BCUT2D eigenvalue weighted by molar-refractivity contribution is 6.19. The average Bonchev–Trinajstić information content (AvgIpc) is 2.85. The molecule has 1 aliphatic heterocycles. The van der Waals surface area contributed by atoms with Crippen molar-refractivity contribution in [1.29, 1.82) is 0 Å². The lowest BCUT2D eigenvalue weighted by atomic mass is 10.0. The van der Waals surface area contributed by atoms with Crippen molar-refractivity contribution < 1.29 is 4.79 Å². The molecule has 0 N–H and O–H groups in total. The van der Waals surface area contributed by atoms with E-state index in [0.717, 1.165) is 17.0 Å². The summed E-state index contributed by atoms with van der Waals surface area (Å²) in [4.78, 5) is 12.1. The van der Waals surface area contributed by atoms with Crippen molar-refractivity contribution in [1.82, 2.24) is 0 Å². The van der Waals surface area contributed by atoms with E-state index in [0.29, 0.717) is 6.42 Å². The van der Waals surface area contributed by atoms with Crippen molar-refractivity contribution in [2.24, 2.45) is 5.10 Å². The summed E-state index contributed by atoms with van der Waals surface area (Å²) in [7, 11) is 0. The number of benzene rings is 2. The molecule has 1 amide bonds. The monoisotopic (exact) mass is 264 g/mol. The van der Waals surface area contributed by atoms with E-state index in [1.165, 1.54) is 16.1 Å². The lowest BCUT2D eigenvalue weighted by Crippen LogP contribution is -2.19. The molecule has 2 aromatic carbocycles. The number of anilines is 1. The Balaban J connectivity index is 1.96. The maximum Gasteiger partial charge on any atom is 0.253 e. The molecule has 3 heteroatoms. The Morgan fingerprint density at radius 1 is 1.00 bits per heavy atom. The molecule has 0 spiro atoms. The molecule has 0 fully saturated rings. The molecule has 0 saturated heterocycles. The Hall–Kier alpha value is -2.42. The number of aryl methyl sites for hydroxylation is 2. The third kappa shape index (κ3) is 2.23. The van der Waals surface area contributed by atoms with Crippen molar-refractivity contribution in [2.75, 3.05) is 5.01 Å². The van der Waals surface area contributed by atoms with Gasteiger partial charge in [-0.15, -0.1) is 0 Å². The molecule has 1 aliphatic rings. The molecule has 0 saturated carbocycles. The third-order valence-corrected chi connectivity index (χ3v) is 3.62. The smallest absolute Gasteiger partial charge is 0.253 e. The Kier molecular flexibility index (Phi) is 3.11. The van der Waals surface area contributed by atoms with Crippen LogP contribution in [0.1, 0.15) is 23.1 Å². The van der Waals surface area contributed by atoms with Crippen LogP contribution in [0.4, 0.5) is 5.69 Å². The molecule has 2 aromatic rings. The molecule has 0 bridgehead atoms. The molecular formula is C17H16N2O. The summed E-state index contributed by atoms with van der Waals surface area (Å²) in [6.07, 6.45) is 0.359. The summed E-state index contributed by atoms with van der Waals surface area (Å²) in [5.74, 6) is 0.0180. The number of hydrogen-bond acceptors (Lipinski definition) is 2. The van der Waals surface area contributed by atoms with Crippen LogP contribution in [-0.4, -0.2) is 11.6 Å². The van der Waals surface area contributed by atoms with Gasteiger partial charge >= 0.3 is 0 Å². The second-order valence-electron chi connectivity index (χ2n) is 5.06. The zero-order chi connectivity index (χ0) is 14.1. The molecule has 0 aromatic heterocycles. The van der Waals surface area contributed by atoms with Crippen molar-refractivity contribution in [3.63, 3.8) is 0 Å². The van der Waals surface area contributed by atoms with Gasteiger partial charge in [0.05, 0.1) is 17.8 Å². The molecular weight excluding hydrogens is 248 g/mol. The fourth-order valence-corrected chi connectivity index (χ4v) is 2.28. The number of amides is 1. The van der Waals surface area contributed by atoms with E-state index in [1.807, 2.05) is 36.4 Å². The molecule has 0 unspecified atom stereocenters. The summed E-state index contributed by atoms with van der Waals surface area (Å²) in [6.45, 7) is 4.15. The largest absolute Gasteiger partial charge is 0.272 e. The number of carbonyl (C=O) groups excluding carboxylic acids is 1. The van der Waals surface area contributed by atoms with Crippen LogP contribution in [0.5, 0.6) is 0 Å². The predicted octanol–water partition coefficient (Wildman–Crippen LogP) is 3.44. The van der Waals surface area contributed by atoms with Gasteiger partial charge in [0, 0.05) is 0 Å². The summed E-state index contributed by atoms with van der Waals surface area (Å²) in [5, 5.41) is 5.97. The zero-order valence-electron chi connectivity index (χ0n) is 11.6. The van der Waals surface area contributed by atoms with Gasteiger partial charge in [0.15, 0.2) is 0 Å². The number of para-hydroxylation sites is 1. The minimum absolute atomic E-state index is 0.0180. The standard InChI is InChI=1S/C17H16N2O/c1-12-8-9-14(10-13(12)2)16-11-17(20)19(18-16)15-6-4-3-5-7-15/h3-10H,11H2,1-2H3. The first-order valence-corrected chi connectivity index (χ1v) is 6.68. The number of hydrogen-bond donors (Lipinski definition) is 0. The van der Waals surface area contributed by atoms with Crippen LogP contribution in [0.15, 0.2) is 53.6 Å². The Bertz CT molecular complexity index is 689. The van der Waals surface area contributed by atoms with Gasteiger partial charge in [-0.25, -0.2) is 5.01 Å². The number of nitrogens with zero attached hydrogens (tertiary/aromatic N) is 2. The summed E-state index contributed by atoms with van der Waals surface area (Å²) >= 11 is 0. The summed E-state index contributed by atoms with van der Waals surface area (Å²) in [5.41, 5.74) is 5.15. The average molecular weight is 264 g/mol. The van der Waals surface area contributed by atoms with Gasteiger partial charge in [-0.3, -0.25) is 4.79 Å². The van der Waals surface area contributed by atoms with E-state index < -0.39 is 0 Å². The predicted molar refractivity (Wildman–Crippen MR) is 81.0 cm³/mol. The molecule has 1 heterocycles. The van der Waals surface area contributed by atoms with Gasteiger partial charge in [-0.05, 0) is 48.7 Å². The maximum absolute atomic E-state index is 12.1. The van der Waals surface area contributed by atoms with Crippen molar-refractivity contribution in [3.8, 4) is 0 Å². The Labute approximate surface area is 118 Å². The van der Waals surface area contributed by atoms with Gasteiger partial charge in [0.2, 0.25) is 0 Å². The van der Waals surface area contributed by atoms with E-state index in [1.54, 1.807) is 0 Å². The maximum atomic E-state index is 12.1. The van der Waals surface area contributed by atoms with Crippen molar-refractivity contribution >= 4 is 17.3 Å². The first-order chi connectivity index (χ1) is 9.65. The summed E-state index contributed by atoms with van der Waals surface area (Å²) in [6, 6.07) is 15.7. The minimum Gasteiger partial charge on any atom is -0.272 e. The topological polar surface area (TPSA) is 32.7 Å². The number of carbonyl (C=O) groups is 1. The van der Waals surface area contributed by atoms with Crippen LogP contribution in [0.3, 0.4) is 0 Å². The van der Waals surface area contributed by atoms with Gasteiger partial charge in [-0.1, -0.05) is 30.3 Å². The van der Waals surface area contributed by atoms with Crippen LogP contribution in [-0.2, 0) is 4.79 Å². The molecule has 0 radical (unpaired) electrons. The van der Waals surface area contributed by atoms with Crippen LogP contribution in [0.2, 0.25) is 0 Å². The first kappa shape index (κ1) is 12.6. The van der Waals surface area contributed by atoms with E-state index in [4.69, 9.17) is 0 Å². The van der Waals surface area contributed by atoms with Gasteiger partial charge < -0.3 is 0 Å². The molecule has 3 rings (SSSR count). The normalized spacial score (nSPS) is 14.6. The zero-order valence-corrected chi connectivity index (χ0v) is 11.6. The van der Waals surface area contributed by atoms with Crippen LogP contribution < -0.4 is 5.01 Å². The van der Waals surface area contributed by atoms with Gasteiger partial charge in [-0.2, -0.15) is 5.10 Å². The highest BCUT2D eigenvalue weighted by Crippen LogP contribution is 2.23. The summed E-state index contributed by atoms with van der Waals surface area (Å²) < 4.78 is 0. The second kappa shape index (κ2) is 4.93. The van der Waals surface area contributed by atoms with E-state index in [2.05, 4.69) is 31.1 Å². The van der Waals surface area contributed by atoms with Crippen LogP contribution >= 0.6 is 0 Å². The molecule has 0 atom stereocenters. The third-order valence-electron chi connectivity index (χ3n) is 3.62. The SMILES string of the molecule is Cc1ccc(C2=NN(c3ccccc3)C(=O)C2)cc1C. The van der Waals surface area contributed by atoms with Gasteiger partial charge in [0.1, 0.15) is 0 Å². The van der Waals surface area contributed by atoms with Crippen molar-refractivity contribution in [3.05, 3.63) is 65.2 Å². The highest BCUT2D eigenvalue weighted by Gasteiger charge is 2.25. The molecule has 20 heavy (non-hydrogen) atoms. The fourth-order valence-electron chi connectivity index (χ4n) is 2.28. The van der Waals surface area contributed by atoms with E-state index in [9.17, 15) is 4.79 Å². The lowest BCUT2D eigenvalue weighted by molar-refractivity contribution is -0.116. The highest BCUT2D eigenvalue weighted by atomic mass is 16.2. The van der Waals surface area contributed by atoms with Crippen LogP contribution in [0, 0.1) is 13.8 Å². The van der Waals surface area contributed by atoms with E-state index >= 15 is 0 Å². The van der Waals surface area contributed by atoms with Gasteiger partial charge in [0.25, 0.3) is 5.91 Å². The first-order valence-electron chi connectivity index (χ1n) is 6.68. The van der Waals surface area contributed by atoms with Crippen molar-refractivity contribution in [2.45, 2.75) is 20.3 Å². The number of hydrazone groups is 1. The van der Waals surface area contributed by atoms with Crippen LogP contribution in [0.25, 0.3) is 0 Å². The Morgan fingerprint density at radius 3 is 2.45 bits per heavy atom. The second-order valence-corrected chi connectivity index (χ2v) is 5.06. The Morgan fingerprint density at radius 2 is 1.75 bits per heavy atom. The van der Waals surface area contributed by atoms with E-state index in [-0.39, 0.29) is 5.91 Å². The lowest BCUT2D eigenvalue weighted by Gasteiger charge is -2.10.